The van der Waals surface area contributed by atoms with Crippen molar-refractivity contribution in [2.75, 3.05) is 7.11 Å². The summed E-state index contributed by atoms with van der Waals surface area (Å²) >= 11 is 0. The smallest absolute Gasteiger partial charge is 0.130 e. The summed E-state index contributed by atoms with van der Waals surface area (Å²) in [7, 11) is 1.68. The Balaban J connectivity index is 2.71. The van der Waals surface area contributed by atoms with Crippen LogP contribution in [-0.2, 0) is 0 Å². The summed E-state index contributed by atoms with van der Waals surface area (Å²) in [6.07, 6.45) is 3.94. The molecule has 1 aromatic heterocycles. The van der Waals surface area contributed by atoms with Crippen molar-refractivity contribution in [3.8, 4) is 5.75 Å². The van der Waals surface area contributed by atoms with E-state index < -0.39 is 0 Å². The molecular weight excluding hydrogens is 186 g/mol. The molecule has 0 aliphatic carbocycles. The quantitative estimate of drug-likeness (QED) is 0.740. The number of nitrogens with zero attached hydrogens (tertiary/aromatic N) is 1. The summed E-state index contributed by atoms with van der Waals surface area (Å²) in [5.41, 5.74) is 1.89. The third-order valence-corrected chi connectivity index (χ3v) is 2.26. The largest absolute Gasteiger partial charge is 0.496 e. The molecule has 0 radical (unpaired) electrons. The highest BCUT2D eigenvalue weighted by Crippen LogP contribution is 2.25. The predicted molar refractivity (Wildman–Crippen MR) is 63.0 cm³/mol. The van der Waals surface area contributed by atoms with Crippen molar-refractivity contribution in [3.63, 3.8) is 0 Å². The van der Waals surface area contributed by atoms with Gasteiger partial charge in [-0.15, -0.1) is 0 Å². The molecule has 0 N–H and O–H groups in total. The van der Waals surface area contributed by atoms with E-state index in [0.717, 1.165) is 22.3 Å². The number of hydrogen-bond acceptors (Lipinski definition) is 2. The highest BCUT2D eigenvalue weighted by molar-refractivity contribution is 5.86. The van der Waals surface area contributed by atoms with E-state index in [0.29, 0.717) is 0 Å². The van der Waals surface area contributed by atoms with Crippen molar-refractivity contribution in [2.45, 2.75) is 6.92 Å². The zero-order chi connectivity index (χ0) is 10.7. The fourth-order valence-electron chi connectivity index (χ4n) is 1.59. The fraction of sp³-hybridized carbons (Fsp3) is 0.154. The van der Waals surface area contributed by atoms with Crippen molar-refractivity contribution in [1.29, 1.82) is 0 Å². The van der Waals surface area contributed by atoms with E-state index in [4.69, 9.17) is 4.74 Å². The van der Waals surface area contributed by atoms with Crippen LogP contribution in [0, 0.1) is 0 Å². The van der Waals surface area contributed by atoms with Crippen LogP contribution >= 0.6 is 0 Å². The Hall–Kier alpha value is -1.83. The summed E-state index contributed by atoms with van der Waals surface area (Å²) in [4.78, 5) is 4.51. The highest BCUT2D eigenvalue weighted by Gasteiger charge is 2.03. The molecule has 2 nitrogen and oxygen atoms in total. The number of para-hydroxylation sites is 1. The van der Waals surface area contributed by atoms with Gasteiger partial charge in [-0.1, -0.05) is 18.2 Å². The molecule has 0 spiro atoms. The molecule has 0 bridgehead atoms. The number of pyridine rings is 1. The Morgan fingerprint density at radius 3 is 2.80 bits per heavy atom. The minimum atomic E-state index is 0.869. The average molecular weight is 199 g/mol. The Morgan fingerprint density at radius 1 is 1.27 bits per heavy atom. The minimum absolute atomic E-state index is 0.869. The number of ether oxygens (including phenoxy) is 1. The lowest BCUT2D eigenvalue weighted by atomic mass is 10.2. The fourth-order valence-corrected chi connectivity index (χ4v) is 1.59. The molecule has 0 saturated carbocycles. The first-order chi connectivity index (χ1) is 7.35. The lowest BCUT2D eigenvalue weighted by Crippen LogP contribution is -1.89. The third-order valence-electron chi connectivity index (χ3n) is 2.26. The molecule has 2 aromatic rings. The van der Waals surface area contributed by atoms with E-state index in [1.165, 1.54) is 0 Å². The van der Waals surface area contributed by atoms with Crippen LogP contribution in [0.1, 0.15) is 12.6 Å². The number of aromatic nitrogens is 1. The second-order valence-electron chi connectivity index (χ2n) is 3.27. The van der Waals surface area contributed by atoms with Crippen molar-refractivity contribution in [1.82, 2.24) is 4.98 Å². The van der Waals surface area contributed by atoms with Crippen LogP contribution in [0.5, 0.6) is 5.75 Å². The van der Waals surface area contributed by atoms with Crippen LogP contribution in [0.15, 0.2) is 36.4 Å². The predicted octanol–water partition coefficient (Wildman–Crippen LogP) is 3.28. The molecule has 0 fully saturated rings. The first kappa shape index (κ1) is 9.71. The molecule has 0 atom stereocenters. The molecule has 15 heavy (non-hydrogen) atoms. The Bertz CT molecular complexity index is 503. The lowest BCUT2D eigenvalue weighted by molar-refractivity contribution is 0.419. The van der Waals surface area contributed by atoms with Gasteiger partial charge in [0.25, 0.3) is 0 Å². The maximum atomic E-state index is 5.34. The molecule has 76 valence electrons. The summed E-state index contributed by atoms with van der Waals surface area (Å²) in [6.45, 7) is 1.98. The zero-order valence-electron chi connectivity index (χ0n) is 8.90. The van der Waals surface area contributed by atoms with Gasteiger partial charge in [-0.2, -0.15) is 0 Å². The van der Waals surface area contributed by atoms with Crippen molar-refractivity contribution >= 4 is 17.0 Å². The van der Waals surface area contributed by atoms with Gasteiger partial charge < -0.3 is 4.74 Å². The lowest BCUT2D eigenvalue weighted by Gasteiger charge is -2.05. The van der Waals surface area contributed by atoms with Crippen LogP contribution in [0.2, 0.25) is 0 Å². The maximum absolute atomic E-state index is 5.34. The van der Waals surface area contributed by atoms with E-state index in [2.05, 4.69) is 4.98 Å². The van der Waals surface area contributed by atoms with Crippen molar-refractivity contribution in [3.05, 3.63) is 42.1 Å². The van der Waals surface area contributed by atoms with E-state index in [1.807, 2.05) is 49.4 Å². The van der Waals surface area contributed by atoms with Gasteiger partial charge in [0.2, 0.25) is 0 Å². The molecule has 0 aliphatic heterocycles. The van der Waals surface area contributed by atoms with Crippen LogP contribution < -0.4 is 4.74 Å². The molecule has 1 aromatic carbocycles. The van der Waals surface area contributed by atoms with E-state index >= 15 is 0 Å². The van der Waals surface area contributed by atoms with Crippen LogP contribution in [-0.4, -0.2) is 12.1 Å². The summed E-state index contributed by atoms with van der Waals surface area (Å²) in [5.74, 6) is 0.869. The first-order valence-corrected chi connectivity index (χ1v) is 4.91. The van der Waals surface area contributed by atoms with E-state index in [9.17, 15) is 0 Å². The number of fused-ring (bicyclic) bond motifs is 1. The molecular formula is C13H13NO. The van der Waals surface area contributed by atoms with Crippen molar-refractivity contribution < 1.29 is 4.74 Å². The second-order valence-corrected chi connectivity index (χ2v) is 3.27. The number of rotatable bonds is 2. The molecule has 2 rings (SSSR count). The van der Waals surface area contributed by atoms with Crippen LogP contribution in [0.25, 0.3) is 17.0 Å². The average Bonchev–Trinajstić information content (AvgIpc) is 2.28. The normalized spacial score (nSPS) is 11.1. The minimum Gasteiger partial charge on any atom is -0.496 e. The molecule has 1 heterocycles. The van der Waals surface area contributed by atoms with Gasteiger partial charge in [0.1, 0.15) is 5.75 Å². The zero-order valence-corrected chi connectivity index (χ0v) is 8.90. The monoisotopic (exact) mass is 199 g/mol. The molecule has 0 unspecified atom stereocenters. The van der Waals surface area contributed by atoms with Crippen molar-refractivity contribution in [2.24, 2.45) is 0 Å². The van der Waals surface area contributed by atoms with Gasteiger partial charge in [0.05, 0.1) is 18.3 Å². The molecule has 0 saturated heterocycles. The summed E-state index contributed by atoms with van der Waals surface area (Å²) in [6, 6.07) is 9.92. The van der Waals surface area contributed by atoms with Crippen LogP contribution in [0.4, 0.5) is 0 Å². The van der Waals surface area contributed by atoms with Gasteiger partial charge in [-0.05, 0) is 25.1 Å². The number of benzene rings is 1. The maximum Gasteiger partial charge on any atom is 0.130 e. The summed E-state index contributed by atoms with van der Waals surface area (Å²) in [5, 5.41) is 1.05. The Kier molecular flexibility index (Phi) is 2.68. The molecule has 0 aliphatic rings. The van der Waals surface area contributed by atoms with Gasteiger partial charge in [0, 0.05) is 11.5 Å². The van der Waals surface area contributed by atoms with Crippen LogP contribution in [0.3, 0.4) is 0 Å². The number of methoxy groups -OCH3 is 1. The third kappa shape index (κ3) is 1.84. The van der Waals surface area contributed by atoms with Gasteiger partial charge >= 0.3 is 0 Å². The second kappa shape index (κ2) is 4.13. The molecule has 0 amide bonds. The first-order valence-electron chi connectivity index (χ1n) is 4.91. The Morgan fingerprint density at radius 2 is 2.07 bits per heavy atom. The molecule has 2 heteroatoms. The number of hydrogen-bond donors (Lipinski definition) is 0. The van der Waals surface area contributed by atoms with E-state index in [1.54, 1.807) is 7.11 Å². The van der Waals surface area contributed by atoms with Gasteiger partial charge in [-0.25, -0.2) is 4.98 Å². The topological polar surface area (TPSA) is 22.1 Å². The van der Waals surface area contributed by atoms with Gasteiger partial charge in [-0.3, -0.25) is 0 Å². The summed E-state index contributed by atoms with van der Waals surface area (Å²) < 4.78 is 5.34. The Labute approximate surface area is 89.2 Å². The standard InChI is InChI=1S/C13H13NO/c1-3-6-10-9-13(15-2)11-7-4-5-8-12(11)14-10/h3-9H,1-2H3/b6-3-. The highest BCUT2D eigenvalue weighted by atomic mass is 16.5. The number of allylic oxidation sites excluding steroid dienone is 1. The van der Waals surface area contributed by atoms with E-state index in [-0.39, 0.29) is 0 Å². The SMILES string of the molecule is C/C=C\c1cc(OC)c2ccccc2n1. The van der Waals surface area contributed by atoms with Gasteiger partial charge in [0.15, 0.2) is 0 Å².